The van der Waals surface area contributed by atoms with Gasteiger partial charge >= 0.3 is 0 Å². The molecule has 3 rings (SSSR count). The van der Waals surface area contributed by atoms with Crippen molar-refractivity contribution in [1.29, 1.82) is 0 Å². The van der Waals surface area contributed by atoms with Gasteiger partial charge in [-0.25, -0.2) is 4.98 Å². The summed E-state index contributed by atoms with van der Waals surface area (Å²) in [5, 5.41) is 5.68. The Morgan fingerprint density at radius 3 is 2.59 bits per heavy atom. The Morgan fingerprint density at radius 1 is 1.22 bits per heavy atom. The standard InChI is InChI=1S/C18H21N5O3S/c19-15-14(21-16(25)11-6-2-1-3-7-11)17(26)23-18(22-15)27-10-13(24)20-12-8-4-5-9-12/h1-3,6-7,12H,4-5,8-10H2,(H,20,24)(H,21,25)(H3,19,22,23,26). The van der Waals surface area contributed by atoms with Crippen LogP contribution in [0.3, 0.4) is 0 Å². The van der Waals surface area contributed by atoms with E-state index in [4.69, 9.17) is 5.73 Å². The molecule has 0 radical (unpaired) electrons. The van der Waals surface area contributed by atoms with Gasteiger partial charge in [0.05, 0.1) is 5.75 Å². The topological polar surface area (TPSA) is 130 Å². The minimum Gasteiger partial charge on any atom is -0.382 e. The second-order valence-corrected chi connectivity index (χ2v) is 7.25. The molecule has 1 aromatic carbocycles. The van der Waals surface area contributed by atoms with Crippen LogP contribution in [0.2, 0.25) is 0 Å². The molecule has 0 saturated heterocycles. The molecule has 1 heterocycles. The third kappa shape index (κ3) is 5.10. The van der Waals surface area contributed by atoms with Crippen molar-refractivity contribution >= 4 is 35.1 Å². The number of amides is 2. The first-order valence-corrected chi connectivity index (χ1v) is 9.70. The summed E-state index contributed by atoms with van der Waals surface area (Å²) in [4.78, 5) is 43.0. The van der Waals surface area contributed by atoms with Crippen molar-refractivity contribution in [3.8, 4) is 0 Å². The van der Waals surface area contributed by atoms with E-state index in [0.717, 1.165) is 37.4 Å². The summed E-state index contributed by atoms with van der Waals surface area (Å²) in [6, 6.07) is 8.72. The quantitative estimate of drug-likeness (QED) is 0.441. The fourth-order valence-electron chi connectivity index (χ4n) is 2.91. The van der Waals surface area contributed by atoms with Gasteiger partial charge in [0, 0.05) is 11.6 Å². The van der Waals surface area contributed by atoms with Gasteiger partial charge in [-0.1, -0.05) is 42.8 Å². The van der Waals surface area contributed by atoms with Crippen LogP contribution in [0.5, 0.6) is 0 Å². The lowest BCUT2D eigenvalue weighted by molar-refractivity contribution is -0.119. The summed E-state index contributed by atoms with van der Waals surface area (Å²) < 4.78 is 0. The Morgan fingerprint density at radius 2 is 1.93 bits per heavy atom. The number of thioether (sulfide) groups is 1. The summed E-state index contributed by atoms with van der Waals surface area (Å²) in [6.07, 6.45) is 4.29. The van der Waals surface area contributed by atoms with Crippen LogP contribution in [-0.2, 0) is 4.79 Å². The molecule has 0 bridgehead atoms. The smallest absolute Gasteiger partial charge is 0.277 e. The molecule has 9 heteroatoms. The molecule has 1 aromatic heterocycles. The zero-order chi connectivity index (χ0) is 19.2. The Kier molecular flexibility index (Phi) is 6.12. The lowest BCUT2D eigenvalue weighted by Gasteiger charge is -2.11. The van der Waals surface area contributed by atoms with Crippen molar-refractivity contribution in [1.82, 2.24) is 15.3 Å². The fourth-order valence-corrected chi connectivity index (χ4v) is 3.59. The molecule has 0 aliphatic heterocycles. The number of hydrogen-bond acceptors (Lipinski definition) is 6. The second kappa shape index (κ2) is 8.72. The van der Waals surface area contributed by atoms with Crippen molar-refractivity contribution in [3.63, 3.8) is 0 Å². The highest BCUT2D eigenvalue weighted by molar-refractivity contribution is 7.99. The summed E-state index contributed by atoms with van der Waals surface area (Å²) in [5.74, 6) is -0.517. The number of benzene rings is 1. The fraction of sp³-hybridized carbons (Fsp3) is 0.333. The Hall–Kier alpha value is -2.81. The summed E-state index contributed by atoms with van der Waals surface area (Å²) in [5.41, 5.74) is 5.56. The molecule has 5 N–H and O–H groups in total. The maximum atomic E-state index is 12.2. The number of rotatable bonds is 6. The summed E-state index contributed by atoms with van der Waals surface area (Å²) >= 11 is 1.09. The largest absolute Gasteiger partial charge is 0.382 e. The van der Waals surface area contributed by atoms with Crippen LogP contribution in [0.25, 0.3) is 0 Å². The Balaban J connectivity index is 1.61. The highest BCUT2D eigenvalue weighted by atomic mass is 32.2. The van der Waals surface area contributed by atoms with Crippen LogP contribution >= 0.6 is 11.8 Å². The number of aromatic amines is 1. The molecule has 1 aliphatic carbocycles. The first kappa shape index (κ1) is 19.0. The molecule has 2 amide bonds. The number of hydrogen-bond donors (Lipinski definition) is 4. The number of anilines is 2. The number of nitrogens with two attached hydrogens (primary N) is 1. The predicted molar refractivity (Wildman–Crippen MR) is 105 cm³/mol. The highest BCUT2D eigenvalue weighted by Crippen LogP contribution is 2.19. The van der Waals surface area contributed by atoms with E-state index in [1.807, 2.05) is 0 Å². The van der Waals surface area contributed by atoms with Crippen molar-refractivity contribution in [3.05, 3.63) is 46.2 Å². The van der Waals surface area contributed by atoms with Gasteiger partial charge in [-0.05, 0) is 25.0 Å². The molecule has 2 aromatic rings. The second-order valence-electron chi connectivity index (χ2n) is 6.29. The van der Waals surface area contributed by atoms with Crippen LogP contribution < -0.4 is 21.9 Å². The third-order valence-corrected chi connectivity index (χ3v) is 5.13. The van der Waals surface area contributed by atoms with E-state index in [9.17, 15) is 14.4 Å². The van der Waals surface area contributed by atoms with Gasteiger partial charge in [-0.3, -0.25) is 19.4 Å². The van der Waals surface area contributed by atoms with Crippen LogP contribution in [0.15, 0.2) is 40.3 Å². The van der Waals surface area contributed by atoms with Gasteiger partial charge in [-0.2, -0.15) is 0 Å². The first-order chi connectivity index (χ1) is 13.0. The molecular formula is C18H21N5O3S. The van der Waals surface area contributed by atoms with Gasteiger partial charge in [0.2, 0.25) is 5.91 Å². The van der Waals surface area contributed by atoms with Crippen molar-refractivity contribution in [2.75, 3.05) is 16.8 Å². The number of nitrogens with one attached hydrogen (secondary N) is 3. The van der Waals surface area contributed by atoms with Gasteiger partial charge in [0.25, 0.3) is 11.5 Å². The number of carbonyl (C=O) groups is 2. The van der Waals surface area contributed by atoms with Gasteiger partial charge < -0.3 is 16.4 Å². The summed E-state index contributed by atoms with van der Waals surface area (Å²) in [7, 11) is 0. The molecule has 1 fully saturated rings. The highest BCUT2D eigenvalue weighted by Gasteiger charge is 2.18. The van der Waals surface area contributed by atoms with Crippen molar-refractivity contribution < 1.29 is 9.59 Å². The summed E-state index contributed by atoms with van der Waals surface area (Å²) in [6.45, 7) is 0. The van der Waals surface area contributed by atoms with Crippen molar-refractivity contribution in [2.24, 2.45) is 0 Å². The Bertz CT molecular complexity index is 878. The average molecular weight is 387 g/mol. The van der Waals surface area contributed by atoms with Gasteiger partial charge in [-0.15, -0.1) is 0 Å². The van der Waals surface area contributed by atoms with Crippen molar-refractivity contribution in [2.45, 2.75) is 36.9 Å². The maximum Gasteiger partial charge on any atom is 0.277 e. The van der Waals surface area contributed by atoms with E-state index < -0.39 is 11.5 Å². The molecule has 142 valence electrons. The molecule has 1 saturated carbocycles. The van der Waals surface area contributed by atoms with E-state index in [0.29, 0.717) is 5.56 Å². The number of nitrogens with zero attached hydrogens (tertiary/aromatic N) is 1. The van der Waals surface area contributed by atoms with Crippen LogP contribution in [0.1, 0.15) is 36.0 Å². The lowest BCUT2D eigenvalue weighted by atomic mass is 10.2. The molecule has 1 aliphatic rings. The molecule has 0 atom stereocenters. The molecule has 0 unspecified atom stereocenters. The van der Waals surface area contributed by atoms with E-state index in [1.165, 1.54) is 0 Å². The van der Waals surface area contributed by atoms with Crippen LogP contribution in [0, 0.1) is 0 Å². The maximum absolute atomic E-state index is 12.2. The predicted octanol–water partition coefficient (Wildman–Crippen LogP) is 1.76. The minimum atomic E-state index is -0.564. The molecule has 8 nitrogen and oxygen atoms in total. The average Bonchev–Trinajstić information content (AvgIpc) is 3.16. The Labute approximate surface area is 160 Å². The van der Waals surface area contributed by atoms with Gasteiger partial charge in [0.15, 0.2) is 11.0 Å². The first-order valence-electron chi connectivity index (χ1n) is 8.71. The minimum absolute atomic E-state index is 0.0956. The van der Waals surface area contributed by atoms with Crippen LogP contribution in [0.4, 0.5) is 11.5 Å². The van der Waals surface area contributed by atoms with Crippen LogP contribution in [-0.4, -0.2) is 33.6 Å². The lowest BCUT2D eigenvalue weighted by Crippen LogP contribution is -2.34. The zero-order valence-electron chi connectivity index (χ0n) is 14.7. The number of aromatic nitrogens is 2. The third-order valence-electron chi connectivity index (χ3n) is 4.26. The monoisotopic (exact) mass is 387 g/mol. The zero-order valence-corrected chi connectivity index (χ0v) is 15.5. The van der Waals surface area contributed by atoms with E-state index in [2.05, 4.69) is 20.6 Å². The molecule has 27 heavy (non-hydrogen) atoms. The SMILES string of the molecule is Nc1nc(SCC(=O)NC2CCCC2)[nH]c(=O)c1NC(=O)c1ccccc1. The van der Waals surface area contributed by atoms with E-state index in [1.54, 1.807) is 30.3 Å². The number of nitrogen functional groups attached to an aromatic ring is 1. The van der Waals surface area contributed by atoms with E-state index in [-0.39, 0.29) is 34.4 Å². The van der Waals surface area contributed by atoms with Gasteiger partial charge in [0.1, 0.15) is 5.69 Å². The number of carbonyl (C=O) groups excluding carboxylic acids is 2. The molecular weight excluding hydrogens is 366 g/mol. The van der Waals surface area contributed by atoms with E-state index >= 15 is 0 Å². The molecule has 0 spiro atoms. The normalized spacial score (nSPS) is 14.1. The number of H-pyrrole nitrogens is 1.